The molecule has 0 aliphatic heterocycles. The molecule has 0 fully saturated rings. The first-order chi connectivity index (χ1) is 6.50. The van der Waals surface area contributed by atoms with Crippen molar-refractivity contribution in [3.05, 3.63) is 11.1 Å². The number of carbonyl (C=O) groups is 1. The van der Waals surface area contributed by atoms with E-state index in [-0.39, 0.29) is 12.2 Å². The average Bonchev–Trinajstić information content (AvgIpc) is 2.15. The number of rotatable bonds is 6. The van der Waals surface area contributed by atoms with Crippen molar-refractivity contribution in [2.45, 2.75) is 39.2 Å². The Morgan fingerprint density at radius 2 is 1.86 bits per heavy atom. The Bertz CT molecular complexity index is 220. The highest BCUT2D eigenvalue weighted by Gasteiger charge is 2.12. The van der Waals surface area contributed by atoms with Gasteiger partial charge in [-0.05, 0) is 38.7 Å². The molecule has 0 rings (SSSR count). The highest BCUT2D eigenvalue weighted by atomic mass is 16.4. The predicted octanol–water partition coefficient (Wildman–Crippen LogP) is 0.931. The summed E-state index contributed by atoms with van der Waals surface area (Å²) in [6.45, 7) is 3.20. The fourth-order valence-corrected chi connectivity index (χ4v) is 1.08. The van der Waals surface area contributed by atoms with E-state index in [0.717, 1.165) is 0 Å². The maximum atomic E-state index is 10.6. The van der Waals surface area contributed by atoms with Crippen LogP contribution < -0.4 is 0 Å². The molecule has 0 bridgehead atoms. The third kappa shape index (κ3) is 4.39. The lowest BCUT2D eigenvalue weighted by Crippen LogP contribution is -2.13. The molecule has 14 heavy (non-hydrogen) atoms. The second-order valence-electron chi connectivity index (χ2n) is 3.35. The number of carboxylic acids is 1. The minimum atomic E-state index is -0.997. The van der Waals surface area contributed by atoms with Crippen molar-refractivity contribution in [2.75, 3.05) is 6.61 Å². The van der Waals surface area contributed by atoms with E-state index in [1.165, 1.54) is 6.92 Å². The van der Waals surface area contributed by atoms with Gasteiger partial charge in [-0.2, -0.15) is 0 Å². The molecular weight excluding hydrogens is 184 g/mol. The Labute approximate surface area is 83.9 Å². The van der Waals surface area contributed by atoms with Crippen molar-refractivity contribution >= 4 is 5.97 Å². The Balaban J connectivity index is 4.16. The Morgan fingerprint density at radius 1 is 1.29 bits per heavy atom. The Kier molecular flexibility index (Phi) is 6.16. The quantitative estimate of drug-likeness (QED) is 0.442. The van der Waals surface area contributed by atoms with E-state index < -0.39 is 12.1 Å². The first-order valence-electron chi connectivity index (χ1n) is 4.70. The topological polar surface area (TPSA) is 77.8 Å². The van der Waals surface area contributed by atoms with E-state index in [1.807, 2.05) is 0 Å². The lowest BCUT2D eigenvalue weighted by atomic mass is 10.0. The summed E-state index contributed by atoms with van der Waals surface area (Å²) in [4.78, 5) is 10.6. The summed E-state index contributed by atoms with van der Waals surface area (Å²) in [7, 11) is 0. The summed E-state index contributed by atoms with van der Waals surface area (Å²) < 4.78 is 0. The first-order valence-corrected chi connectivity index (χ1v) is 4.70. The van der Waals surface area contributed by atoms with Crippen LogP contribution in [0.3, 0.4) is 0 Å². The zero-order valence-electron chi connectivity index (χ0n) is 8.66. The van der Waals surface area contributed by atoms with Crippen LogP contribution in [0.15, 0.2) is 11.1 Å². The molecule has 0 aromatic carbocycles. The molecule has 4 heteroatoms. The van der Waals surface area contributed by atoms with Gasteiger partial charge in [0, 0.05) is 12.2 Å². The number of aliphatic hydroxyl groups is 2. The predicted molar refractivity (Wildman–Crippen MR) is 53.0 cm³/mol. The molecule has 0 saturated heterocycles. The zero-order chi connectivity index (χ0) is 11.1. The molecule has 0 heterocycles. The van der Waals surface area contributed by atoms with Crippen molar-refractivity contribution in [1.82, 2.24) is 0 Å². The van der Waals surface area contributed by atoms with E-state index in [0.29, 0.717) is 24.8 Å². The highest BCUT2D eigenvalue weighted by Crippen LogP contribution is 2.13. The van der Waals surface area contributed by atoms with Gasteiger partial charge in [0.15, 0.2) is 0 Å². The van der Waals surface area contributed by atoms with Crippen LogP contribution in [0.4, 0.5) is 0 Å². The van der Waals surface area contributed by atoms with Gasteiger partial charge < -0.3 is 15.3 Å². The third-order valence-corrected chi connectivity index (χ3v) is 2.30. The fraction of sp³-hybridized carbons (Fsp3) is 0.700. The van der Waals surface area contributed by atoms with Crippen molar-refractivity contribution in [3.63, 3.8) is 0 Å². The summed E-state index contributed by atoms with van der Waals surface area (Å²) in [6, 6.07) is 0. The minimum absolute atomic E-state index is 0.105. The Hall–Kier alpha value is -0.870. The molecule has 0 aliphatic carbocycles. The summed E-state index contributed by atoms with van der Waals surface area (Å²) in [6.07, 6.45) is 1.12. The zero-order valence-corrected chi connectivity index (χ0v) is 8.66. The molecule has 0 aromatic heterocycles. The van der Waals surface area contributed by atoms with Crippen LogP contribution in [-0.4, -0.2) is 34.0 Å². The molecule has 0 aliphatic rings. The molecule has 1 atom stereocenters. The monoisotopic (exact) mass is 202 g/mol. The minimum Gasteiger partial charge on any atom is -0.478 e. The maximum Gasteiger partial charge on any atom is 0.331 e. The van der Waals surface area contributed by atoms with Crippen LogP contribution in [0.1, 0.15) is 33.1 Å². The van der Waals surface area contributed by atoms with Crippen LogP contribution in [0.2, 0.25) is 0 Å². The van der Waals surface area contributed by atoms with Crippen LogP contribution in [0.25, 0.3) is 0 Å². The van der Waals surface area contributed by atoms with Gasteiger partial charge in [0.2, 0.25) is 0 Å². The molecule has 0 amide bonds. The second-order valence-corrected chi connectivity index (χ2v) is 3.35. The third-order valence-electron chi connectivity index (χ3n) is 2.30. The van der Waals surface area contributed by atoms with Gasteiger partial charge in [0.25, 0.3) is 0 Å². The number of hydrogen-bond donors (Lipinski definition) is 3. The van der Waals surface area contributed by atoms with Crippen molar-refractivity contribution in [3.8, 4) is 0 Å². The van der Waals surface area contributed by atoms with Gasteiger partial charge in [-0.15, -0.1) is 0 Å². The molecule has 82 valence electrons. The lowest BCUT2D eigenvalue weighted by molar-refractivity contribution is -0.132. The normalized spacial score (nSPS) is 14.9. The fourth-order valence-electron chi connectivity index (χ4n) is 1.08. The van der Waals surface area contributed by atoms with Crippen molar-refractivity contribution in [2.24, 2.45) is 0 Å². The molecule has 0 radical (unpaired) electrons. The lowest BCUT2D eigenvalue weighted by Gasteiger charge is -2.12. The highest BCUT2D eigenvalue weighted by molar-refractivity contribution is 5.86. The van der Waals surface area contributed by atoms with E-state index in [9.17, 15) is 9.90 Å². The molecule has 3 N–H and O–H groups in total. The molecular formula is C10H18O4. The van der Waals surface area contributed by atoms with Gasteiger partial charge >= 0.3 is 5.97 Å². The number of unbranched alkanes of at least 4 members (excludes halogenated alkanes) is 1. The number of aliphatic carboxylic acids is 1. The van der Waals surface area contributed by atoms with Crippen LogP contribution in [0, 0.1) is 0 Å². The summed E-state index contributed by atoms with van der Waals surface area (Å²) in [5.74, 6) is -0.997. The molecule has 1 unspecified atom stereocenters. The molecule has 0 spiro atoms. The smallest absolute Gasteiger partial charge is 0.331 e. The van der Waals surface area contributed by atoms with Gasteiger partial charge in [-0.1, -0.05) is 0 Å². The molecule has 4 nitrogen and oxygen atoms in total. The summed E-state index contributed by atoms with van der Waals surface area (Å²) in [5.41, 5.74) is 0.692. The van der Waals surface area contributed by atoms with E-state index >= 15 is 0 Å². The van der Waals surface area contributed by atoms with Crippen LogP contribution >= 0.6 is 0 Å². The average molecular weight is 202 g/mol. The van der Waals surface area contributed by atoms with Gasteiger partial charge in [0.1, 0.15) is 0 Å². The van der Waals surface area contributed by atoms with Gasteiger partial charge in [-0.3, -0.25) is 0 Å². The van der Waals surface area contributed by atoms with Crippen LogP contribution in [0.5, 0.6) is 0 Å². The summed E-state index contributed by atoms with van der Waals surface area (Å²) in [5, 5.41) is 26.8. The van der Waals surface area contributed by atoms with E-state index in [1.54, 1.807) is 6.92 Å². The number of aliphatic hydroxyl groups excluding tert-OH is 2. The van der Waals surface area contributed by atoms with E-state index in [4.69, 9.17) is 10.2 Å². The summed E-state index contributed by atoms with van der Waals surface area (Å²) >= 11 is 0. The SMILES string of the molecule is CC(C(=O)O)=C(C)C(O)CCCCO. The number of carboxylic acid groups (broad SMARTS) is 1. The first kappa shape index (κ1) is 13.1. The second kappa shape index (κ2) is 6.56. The number of hydrogen-bond acceptors (Lipinski definition) is 3. The van der Waals surface area contributed by atoms with Crippen LogP contribution in [-0.2, 0) is 4.79 Å². The largest absolute Gasteiger partial charge is 0.478 e. The standard InChI is InChI=1S/C10H18O4/c1-7(8(2)10(13)14)9(12)5-3-4-6-11/h9,11-12H,3-6H2,1-2H3,(H,13,14). The van der Waals surface area contributed by atoms with E-state index in [2.05, 4.69) is 0 Å². The molecule has 0 aromatic rings. The van der Waals surface area contributed by atoms with Crippen molar-refractivity contribution in [1.29, 1.82) is 0 Å². The Morgan fingerprint density at radius 3 is 2.29 bits per heavy atom. The van der Waals surface area contributed by atoms with Gasteiger partial charge in [-0.25, -0.2) is 4.79 Å². The molecule has 0 saturated carbocycles. The van der Waals surface area contributed by atoms with Gasteiger partial charge in [0.05, 0.1) is 6.10 Å². The van der Waals surface area contributed by atoms with Crippen molar-refractivity contribution < 1.29 is 20.1 Å². The maximum absolute atomic E-state index is 10.6.